The molecular formula is C23H32N2O2. The number of phenols is 1. The molecule has 2 atom stereocenters. The second kappa shape index (κ2) is 5.65. The first-order valence-electron chi connectivity index (χ1n) is 10.6. The molecule has 6 rings (SSSR count). The van der Waals surface area contributed by atoms with Gasteiger partial charge in [-0.15, -0.1) is 0 Å². The van der Waals surface area contributed by atoms with Gasteiger partial charge < -0.3 is 14.9 Å². The molecule has 2 unspecified atom stereocenters. The van der Waals surface area contributed by atoms with Crippen molar-refractivity contribution in [2.45, 2.75) is 52.4 Å². The Kier molecular flexibility index (Phi) is 3.64. The molecule has 1 amide bonds. The number of amides is 1. The summed E-state index contributed by atoms with van der Waals surface area (Å²) < 4.78 is 0. The molecule has 1 aliphatic heterocycles. The molecule has 4 heteroatoms. The van der Waals surface area contributed by atoms with Crippen molar-refractivity contribution in [1.82, 2.24) is 4.90 Å². The smallest absolute Gasteiger partial charge is 0.228 e. The fourth-order valence-electron chi connectivity index (χ4n) is 7.85. The highest BCUT2D eigenvalue weighted by Crippen LogP contribution is 2.69. The Morgan fingerprint density at radius 2 is 1.52 bits per heavy atom. The van der Waals surface area contributed by atoms with Gasteiger partial charge in [0.15, 0.2) is 0 Å². The van der Waals surface area contributed by atoms with Gasteiger partial charge >= 0.3 is 0 Å². The number of benzene rings is 1. The maximum atomic E-state index is 13.7. The van der Waals surface area contributed by atoms with E-state index >= 15 is 0 Å². The molecule has 146 valence electrons. The molecule has 1 saturated heterocycles. The number of hydrogen-bond acceptors (Lipinski definition) is 3. The second-order valence-corrected chi connectivity index (χ2v) is 10.7. The SMILES string of the molecule is CC12CC3CC(C)(C1)CC(C(=O)N1CCN(c4ccc(O)cc4)CC1)(C3)C2. The van der Waals surface area contributed by atoms with Crippen LogP contribution in [0.4, 0.5) is 5.69 Å². The molecule has 0 radical (unpaired) electrons. The first-order valence-corrected chi connectivity index (χ1v) is 10.6. The summed E-state index contributed by atoms with van der Waals surface area (Å²) >= 11 is 0. The number of aromatic hydroxyl groups is 1. The summed E-state index contributed by atoms with van der Waals surface area (Å²) in [6.45, 7) is 8.29. The average molecular weight is 369 g/mol. The molecule has 0 spiro atoms. The minimum absolute atomic E-state index is 0.0797. The monoisotopic (exact) mass is 368 g/mol. The third-order valence-electron chi connectivity index (χ3n) is 7.86. The van der Waals surface area contributed by atoms with Crippen LogP contribution in [0.25, 0.3) is 0 Å². The van der Waals surface area contributed by atoms with Crippen molar-refractivity contribution in [2.24, 2.45) is 22.2 Å². The van der Waals surface area contributed by atoms with Gasteiger partial charge in [-0.2, -0.15) is 0 Å². The highest BCUT2D eigenvalue weighted by Gasteiger charge is 2.63. The Hall–Kier alpha value is -1.71. The van der Waals surface area contributed by atoms with Crippen LogP contribution in [-0.2, 0) is 4.79 Å². The number of anilines is 1. The number of nitrogens with zero attached hydrogens (tertiary/aromatic N) is 2. The van der Waals surface area contributed by atoms with Crippen LogP contribution in [0, 0.1) is 22.2 Å². The number of carbonyl (C=O) groups excluding carboxylic acids is 1. The predicted octanol–water partition coefficient (Wildman–Crippen LogP) is 4.04. The van der Waals surface area contributed by atoms with E-state index in [2.05, 4.69) is 23.6 Å². The molecule has 1 heterocycles. The van der Waals surface area contributed by atoms with E-state index < -0.39 is 0 Å². The van der Waals surface area contributed by atoms with Crippen LogP contribution >= 0.6 is 0 Å². The van der Waals surface area contributed by atoms with Crippen LogP contribution in [0.5, 0.6) is 5.75 Å². The maximum Gasteiger partial charge on any atom is 0.228 e. The van der Waals surface area contributed by atoms with Crippen LogP contribution in [-0.4, -0.2) is 42.1 Å². The van der Waals surface area contributed by atoms with Crippen molar-refractivity contribution in [2.75, 3.05) is 31.1 Å². The molecule has 1 aromatic rings. The van der Waals surface area contributed by atoms with Crippen LogP contribution in [0.2, 0.25) is 0 Å². The Bertz CT molecular complexity index is 732. The van der Waals surface area contributed by atoms with Gasteiger partial charge in [-0.3, -0.25) is 4.79 Å². The zero-order valence-corrected chi connectivity index (χ0v) is 16.7. The summed E-state index contributed by atoms with van der Waals surface area (Å²) in [6.07, 6.45) is 7.36. The van der Waals surface area contributed by atoms with Gasteiger partial charge in [0.05, 0.1) is 5.41 Å². The number of hydrogen-bond donors (Lipinski definition) is 1. The van der Waals surface area contributed by atoms with Crippen molar-refractivity contribution >= 4 is 11.6 Å². The highest BCUT2D eigenvalue weighted by molar-refractivity contribution is 5.84. The van der Waals surface area contributed by atoms with E-state index in [-0.39, 0.29) is 5.41 Å². The van der Waals surface area contributed by atoms with E-state index in [0.717, 1.165) is 57.0 Å². The summed E-state index contributed by atoms with van der Waals surface area (Å²) in [5.74, 6) is 1.52. The maximum absolute atomic E-state index is 13.7. The molecule has 5 fully saturated rings. The molecule has 4 bridgehead atoms. The lowest BCUT2D eigenvalue weighted by Gasteiger charge is -2.65. The van der Waals surface area contributed by atoms with Crippen molar-refractivity contribution in [3.63, 3.8) is 0 Å². The standard InChI is InChI=1S/C23H32N2O2/c1-21-11-17-12-22(2,14-21)16-23(13-17,15-21)20(27)25-9-7-24(8-10-25)18-3-5-19(26)6-4-18/h3-6,17,26H,7-16H2,1-2H3. The molecule has 1 N–H and O–H groups in total. The predicted molar refractivity (Wildman–Crippen MR) is 107 cm³/mol. The van der Waals surface area contributed by atoms with E-state index in [1.165, 1.54) is 19.3 Å². The number of carbonyl (C=O) groups is 1. The van der Waals surface area contributed by atoms with Crippen molar-refractivity contribution in [1.29, 1.82) is 0 Å². The van der Waals surface area contributed by atoms with Gasteiger partial charge in [0.2, 0.25) is 5.91 Å². The lowest BCUT2D eigenvalue weighted by molar-refractivity contribution is -0.179. The van der Waals surface area contributed by atoms with Crippen molar-refractivity contribution < 1.29 is 9.90 Å². The molecule has 4 saturated carbocycles. The molecule has 5 aliphatic rings. The van der Waals surface area contributed by atoms with Gasteiger partial charge in [-0.25, -0.2) is 0 Å². The Balaban J connectivity index is 1.30. The third-order valence-corrected chi connectivity index (χ3v) is 7.86. The van der Waals surface area contributed by atoms with Gasteiger partial charge in [-0.05, 0) is 79.5 Å². The average Bonchev–Trinajstić information content (AvgIpc) is 2.59. The first kappa shape index (κ1) is 17.4. The molecule has 0 aromatic heterocycles. The Morgan fingerprint density at radius 3 is 2.07 bits per heavy atom. The van der Waals surface area contributed by atoms with E-state index in [9.17, 15) is 9.90 Å². The van der Waals surface area contributed by atoms with Gasteiger partial charge in [-0.1, -0.05) is 13.8 Å². The summed E-state index contributed by atoms with van der Waals surface area (Å²) in [4.78, 5) is 18.2. The van der Waals surface area contributed by atoms with Gasteiger partial charge in [0.1, 0.15) is 5.75 Å². The molecule has 1 aromatic carbocycles. The van der Waals surface area contributed by atoms with Gasteiger partial charge in [0, 0.05) is 31.9 Å². The zero-order valence-electron chi connectivity index (χ0n) is 16.7. The Morgan fingerprint density at radius 1 is 0.926 bits per heavy atom. The van der Waals surface area contributed by atoms with E-state index in [1.54, 1.807) is 12.1 Å². The van der Waals surface area contributed by atoms with E-state index in [4.69, 9.17) is 0 Å². The lowest BCUT2D eigenvalue weighted by atomic mass is 9.40. The topological polar surface area (TPSA) is 43.8 Å². The highest BCUT2D eigenvalue weighted by atomic mass is 16.3. The molecule has 27 heavy (non-hydrogen) atoms. The zero-order chi connectivity index (χ0) is 18.9. The molecule has 4 aliphatic carbocycles. The normalized spacial score (nSPS) is 40.4. The third kappa shape index (κ3) is 2.83. The summed E-state index contributed by atoms with van der Waals surface area (Å²) in [7, 11) is 0. The Labute approximate surface area is 162 Å². The molecule has 4 nitrogen and oxygen atoms in total. The number of piperazine rings is 1. The van der Waals surface area contributed by atoms with Crippen LogP contribution in [0.1, 0.15) is 52.4 Å². The largest absolute Gasteiger partial charge is 0.508 e. The van der Waals surface area contributed by atoms with E-state index in [1.807, 2.05) is 12.1 Å². The van der Waals surface area contributed by atoms with Crippen LogP contribution in [0.15, 0.2) is 24.3 Å². The fraction of sp³-hybridized carbons (Fsp3) is 0.696. The minimum Gasteiger partial charge on any atom is -0.508 e. The van der Waals surface area contributed by atoms with Crippen LogP contribution in [0.3, 0.4) is 0 Å². The summed E-state index contributed by atoms with van der Waals surface area (Å²) in [5.41, 5.74) is 1.83. The summed E-state index contributed by atoms with van der Waals surface area (Å²) in [5, 5.41) is 9.49. The van der Waals surface area contributed by atoms with Crippen LogP contribution < -0.4 is 4.90 Å². The summed E-state index contributed by atoms with van der Waals surface area (Å²) in [6, 6.07) is 7.41. The first-order chi connectivity index (χ1) is 12.8. The quantitative estimate of drug-likeness (QED) is 0.857. The fourth-order valence-corrected chi connectivity index (χ4v) is 7.85. The van der Waals surface area contributed by atoms with Gasteiger partial charge in [0.25, 0.3) is 0 Å². The van der Waals surface area contributed by atoms with E-state index in [0.29, 0.717) is 22.5 Å². The second-order valence-electron chi connectivity index (χ2n) is 10.7. The van der Waals surface area contributed by atoms with Crippen molar-refractivity contribution in [3.8, 4) is 5.75 Å². The number of rotatable bonds is 2. The molecular weight excluding hydrogens is 336 g/mol. The lowest BCUT2D eigenvalue weighted by Crippen LogP contribution is -2.62. The number of phenolic OH excluding ortho intramolecular Hbond substituents is 1. The van der Waals surface area contributed by atoms with Crippen molar-refractivity contribution in [3.05, 3.63) is 24.3 Å². The minimum atomic E-state index is -0.0797.